The summed E-state index contributed by atoms with van der Waals surface area (Å²) in [5.74, 6) is 0.711. The largest absolute Gasteiger partial charge is 0.384 e. The van der Waals surface area contributed by atoms with Gasteiger partial charge < -0.3 is 10.1 Å². The van der Waals surface area contributed by atoms with Gasteiger partial charge in [0.2, 0.25) is 10.0 Å². The highest BCUT2D eigenvalue weighted by molar-refractivity contribution is 7.89. The first-order valence-corrected chi connectivity index (χ1v) is 8.71. The van der Waals surface area contributed by atoms with Crippen LogP contribution in [0.2, 0.25) is 0 Å². The Morgan fingerprint density at radius 2 is 2.33 bits per heavy atom. The van der Waals surface area contributed by atoms with Gasteiger partial charge in [-0.2, -0.15) is 4.31 Å². The summed E-state index contributed by atoms with van der Waals surface area (Å²) in [5, 5.41) is 3.09. The van der Waals surface area contributed by atoms with Crippen LogP contribution in [-0.2, 0) is 14.8 Å². The minimum absolute atomic E-state index is 0.261. The standard InChI is InChI=1S/C14H23N3O3S/c1-3-7-15-14-13(5-4-8-16-14)21(18,19)17-9-6-12(10-17)11-20-2/h4-5,8,12H,3,6-7,9-11H2,1-2H3,(H,15,16). The Hall–Kier alpha value is -1.18. The Labute approximate surface area is 126 Å². The van der Waals surface area contributed by atoms with Gasteiger partial charge in [-0.05, 0) is 30.9 Å². The third-order valence-corrected chi connectivity index (χ3v) is 5.48. The molecule has 0 aromatic carbocycles. The van der Waals surface area contributed by atoms with Crippen LogP contribution in [0.5, 0.6) is 0 Å². The first kappa shape index (κ1) is 16.2. The Bertz CT molecular complexity index is 562. The maximum absolute atomic E-state index is 12.8. The van der Waals surface area contributed by atoms with Crippen molar-refractivity contribution in [1.82, 2.24) is 9.29 Å². The molecule has 0 spiro atoms. The fourth-order valence-electron chi connectivity index (χ4n) is 2.50. The molecule has 6 nitrogen and oxygen atoms in total. The summed E-state index contributed by atoms with van der Waals surface area (Å²) in [6.45, 7) is 4.38. The fraction of sp³-hybridized carbons (Fsp3) is 0.643. The van der Waals surface area contributed by atoms with E-state index in [1.54, 1.807) is 25.4 Å². The average molecular weight is 313 g/mol. The number of nitrogens with zero attached hydrogens (tertiary/aromatic N) is 2. The molecule has 21 heavy (non-hydrogen) atoms. The first-order chi connectivity index (χ1) is 10.1. The summed E-state index contributed by atoms with van der Waals surface area (Å²) in [7, 11) is -1.85. The van der Waals surface area contributed by atoms with Gasteiger partial charge in [0, 0.05) is 32.9 Å². The molecule has 1 aromatic heterocycles. The monoisotopic (exact) mass is 313 g/mol. The highest BCUT2D eigenvalue weighted by Crippen LogP contribution is 2.27. The zero-order valence-electron chi connectivity index (χ0n) is 12.6. The molecule has 1 N–H and O–H groups in total. The van der Waals surface area contributed by atoms with Crippen LogP contribution in [0, 0.1) is 5.92 Å². The number of aromatic nitrogens is 1. The molecule has 118 valence electrons. The maximum Gasteiger partial charge on any atom is 0.246 e. The van der Waals surface area contributed by atoms with E-state index >= 15 is 0 Å². The van der Waals surface area contributed by atoms with E-state index in [0.717, 1.165) is 12.8 Å². The van der Waals surface area contributed by atoms with Crippen molar-refractivity contribution in [2.45, 2.75) is 24.7 Å². The van der Waals surface area contributed by atoms with Gasteiger partial charge in [0.05, 0.1) is 6.61 Å². The number of methoxy groups -OCH3 is 1. The summed E-state index contributed by atoms with van der Waals surface area (Å²) in [4.78, 5) is 4.43. The van der Waals surface area contributed by atoms with Gasteiger partial charge in [0.25, 0.3) is 0 Å². The van der Waals surface area contributed by atoms with Gasteiger partial charge in [-0.15, -0.1) is 0 Å². The van der Waals surface area contributed by atoms with Crippen molar-refractivity contribution in [3.05, 3.63) is 18.3 Å². The van der Waals surface area contributed by atoms with E-state index in [4.69, 9.17) is 4.74 Å². The van der Waals surface area contributed by atoms with Crippen LogP contribution in [0.4, 0.5) is 5.82 Å². The van der Waals surface area contributed by atoms with Gasteiger partial charge in [0.1, 0.15) is 10.7 Å². The molecule has 2 heterocycles. The van der Waals surface area contributed by atoms with Crippen molar-refractivity contribution in [2.24, 2.45) is 5.92 Å². The zero-order chi connectivity index (χ0) is 15.3. The Kier molecular flexibility index (Phi) is 5.55. The molecule has 0 amide bonds. The molecule has 7 heteroatoms. The highest BCUT2D eigenvalue weighted by Gasteiger charge is 2.34. The molecule has 0 saturated carbocycles. The lowest BCUT2D eigenvalue weighted by atomic mass is 10.1. The van der Waals surface area contributed by atoms with Crippen LogP contribution >= 0.6 is 0 Å². The van der Waals surface area contributed by atoms with E-state index in [9.17, 15) is 8.42 Å². The van der Waals surface area contributed by atoms with Gasteiger partial charge >= 0.3 is 0 Å². The molecule has 1 aliphatic heterocycles. The van der Waals surface area contributed by atoms with Crippen LogP contribution < -0.4 is 5.32 Å². The predicted molar refractivity (Wildman–Crippen MR) is 81.8 cm³/mol. The lowest BCUT2D eigenvalue weighted by molar-refractivity contribution is 0.157. The molecule has 0 bridgehead atoms. The van der Waals surface area contributed by atoms with E-state index in [1.807, 2.05) is 6.92 Å². The molecule has 1 fully saturated rings. The maximum atomic E-state index is 12.8. The van der Waals surface area contributed by atoms with Crippen LogP contribution in [0.25, 0.3) is 0 Å². The van der Waals surface area contributed by atoms with E-state index < -0.39 is 10.0 Å². The Balaban J connectivity index is 2.20. The van der Waals surface area contributed by atoms with Crippen molar-refractivity contribution < 1.29 is 13.2 Å². The minimum Gasteiger partial charge on any atom is -0.384 e. The number of nitrogens with one attached hydrogen (secondary N) is 1. The van der Waals surface area contributed by atoms with E-state index in [1.165, 1.54) is 4.31 Å². The molecule has 1 aliphatic rings. The second-order valence-electron chi connectivity index (χ2n) is 5.25. The molecule has 1 aromatic rings. The van der Waals surface area contributed by atoms with Crippen LogP contribution in [0.1, 0.15) is 19.8 Å². The van der Waals surface area contributed by atoms with Crippen molar-refractivity contribution >= 4 is 15.8 Å². The molecular formula is C14H23N3O3S. The number of anilines is 1. The highest BCUT2D eigenvalue weighted by atomic mass is 32.2. The summed E-state index contributed by atoms with van der Waals surface area (Å²) in [6, 6.07) is 3.27. The average Bonchev–Trinajstić information content (AvgIpc) is 2.95. The number of sulfonamides is 1. The lowest BCUT2D eigenvalue weighted by Gasteiger charge is -2.18. The first-order valence-electron chi connectivity index (χ1n) is 7.27. The molecule has 1 atom stereocenters. The fourth-order valence-corrected chi connectivity index (χ4v) is 4.15. The number of hydrogen-bond acceptors (Lipinski definition) is 5. The van der Waals surface area contributed by atoms with Crippen molar-refractivity contribution in [2.75, 3.05) is 38.7 Å². The third kappa shape index (κ3) is 3.72. The quantitative estimate of drug-likeness (QED) is 0.827. The van der Waals surface area contributed by atoms with Crippen molar-refractivity contribution in [1.29, 1.82) is 0 Å². The van der Waals surface area contributed by atoms with E-state index in [-0.39, 0.29) is 10.8 Å². The van der Waals surface area contributed by atoms with E-state index in [0.29, 0.717) is 32.1 Å². The number of ether oxygens (including phenoxy) is 1. The van der Waals surface area contributed by atoms with E-state index in [2.05, 4.69) is 10.3 Å². The third-order valence-electron chi connectivity index (χ3n) is 3.58. The number of pyridine rings is 1. The van der Waals surface area contributed by atoms with Gasteiger partial charge in [-0.1, -0.05) is 6.92 Å². The Morgan fingerprint density at radius 3 is 3.05 bits per heavy atom. The van der Waals surface area contributed by atoms with Crippen LogP contribution in [-0.4, -0.2) is 51.1 Å². The predicted octanol–water partition coefficient (Wildman–Crippen LogP) is 1.56. The molecule has 0 radical (unpaired) electrons. The Morgan fingerprint density at radius 1 is 1.52 bits per heavy atom. The van der Waals surface area contributed by atoms with Gasteiger partial charge in [-0.25, -0.2) is 13.4 Å². The normalized spacial score (nSPS) is 19.8. The van der Waals surface area contributed by atoms with Crippen LogP contribution in [0.15, 0.2) is 23.2 Å². The summed E-state index contributed by atoms with van der Waals surface area (Å²) < 4.78 is 32.2. The van der Waals surface area contributed by atoms with Crippen LogP contribution in [0.3, 0.4) is 0 Å². The topological polar surface area (TPSA) is 71.5 Å². The second-order valence-corrected chi connectivity index (χ2v) is 7.16. The summed E-state index contributed by atoms with van der Waals surface area (Å²) >= 11 is 0. The number of hydrogen-bond donors (Lipinski definition) is 1. The SMILES string of the molecule is CCCNc1ncccc1S(=O)(=O)N1CCC(COC)C1. The molecule has 2 rings (SSSR count). The smallest absolute Gasteiger partial charge is 0.246 e. The van der Waals surface area contributed by atoms with Crippen molar-refractivity contribution in [3.63, 3.8) is 0 Å². The molecule has 0 aliphatic carbocycles. The second kappa shape index (κ2) is 7.20. The summed E-state index contributed by atoms with van der Waals surface area (Å²) in [5.41, 5.74) is 0. The van der Waals surface area contributed by atoms with Crippen molar-refractivity contribution in [3.8, 4) is 0 Å². The minimum atomic E-state index is -3.50. The zero-order valence-corrected chi connectivity index (χ0v) is 13.4. The van der Waals surface area contributed by atoms with Gasteiger partial charge in [-0.3, -0.25) is 0 Å². The van der Waals surface area contributed by atoms with Gasteiger partial charge in [0.15, 0.2) is 0 Å². The molecule has 1 unspecified atom stereocenters. The number of rotatable bonds is 7. The summed E-state index contributed by atoms with van der Waals surface area (Å²) in [6.07, 6.45) is 3.36. The molecular weight excluding hydrogens is 290 g/mol. The lowest BCUT2D eigenvalue weighted by Crippen LogP contribution is -2.30. The molecule has 1 saturated heterocycles.